The molecule has 10 atom stereocenters. The first-order chi connectivity index (χ1) is 63.5. The van der Waals surface area contributed by atoms with E-state index in [4.69, 9.17) is 68.6 Å². The summed E-state index contributed by atoms with van der Waals surface area (Å²) in [6.07, 6.45) is -8.72. The number of carboxylic acid groups (broad SMARTS) is 2. The van der Waals surface area contributed by atoms with Crippen molar-refractivity contribution >= 4 is 82.6 Å². The molecule has 2 heterocycles. The Morgan fingerprint density at radius 2 is 0.591 bits per heavy atom. The second-order valence-electron chi connectivity index (χ2n) is 29.5. The maximum Gasteiger partial charge on any atom is 0.305 e. The van der Waals surface area contributed by atoms with Crippen LogP contribution in [-0.4, -0.2) is 366 Å². The van der Waals surface area contributed by atoms with Gasteiger partial charge in [0.15, 0.2) is 12.6 Å². The molecule has 20 N–H and O–H groups in total. The molecule has 0 radical (unpaired) electrons. The van der Waals surface area contributed by atoms with Crippen molar-refractivity contribution in [3.05, 3.63) is 79.5 Å². The van der Waals surface area contributed by atoms with E-state index in [-0.39, 0.29) is 278 Å². The number of rotatable bonds is 72. The zero-order chi connectivity index (χ0) is 97.1. The lowest BCUT2D eigenvalue weighted by molar-refractivity contribution is -0.300. The van der Waals surface area contributed by atoms with Gasteiger partial charge in [-0.2, -0.15) is 0 Å². The van der Waals surface area contributed by atoms with Crippen LogP contribution in [0.2, 0.25) is 0 Å². The van der Waals surface area contributed by atoms with Gasteiger partial charge in [-0.3, -0.25) is 67.1 Å². The van der Waals surface area contributed by atoms with Crippen molar-refractivity contribution in [2.75, 3.05) is 171 Å². The molecule has 0 spiro atoms. The smallest absolute Gasteiger partial charge is 0.305 e. The van der Waals surface area contributed by atoms with E-state index >= 15 is 0 Å². The van der Waals surface area contributed by atoms with Crippen LogP contribution >= 0.6 is 0 Å². The molecule has 740 valence electrons. The van der Waals surface area contributed by atoms with Crippen LogP contribution in [-0.2, 0) is 85.8 Å². The molecule has 50 nitrogen and oxygen atoms in total. The summed E-state index contributed by atoms with van der Waals surface area (Å²) >= 11 is 0. The summed E-state index contributed by atoms with van der Waals surface area (Å²) in [5, 5.41) is 128. The lowest BCUT2D eigenvalue weighted by atomic mass is 9.99. The third-order valence-electron chi connectivity index (χ3n) is 19.0. The lowest BCUT2D eigenvalue weighted by Crippen LogP contribution is -2.59. The molecule has 0 bridgehead atoms. The Bertz CT molecular complexity index is 3760. The van der Waals surface area contributed by atoms with Crippen LogP contribution < -0.4 is 62.6 Å². The normalized spacial score (nSPS) is 17.7. The Morgan fingerprint density at radius 1 is 0.311 bits per heavy atom. The molecule has 50 heteroatoms. The summed E-state index contributed by atoms with van der Waals surface area (Å²) in [6.45, 7) is 0.404. The number of aliphatic carboxylic acids is 2. The minimum Gasteiger partial charge on any atom is -0.494 e. The first-order valence-electron chi connectivity index (χ1n) is 43.4. The van der Waals surface area contributed by atoms with Crippen molar-refractivity contribution in [3.8, 4) is 11.5 Å². The Balaban J connectivity index is 0.000000746. The molecule has 2 aliphatic heterocycles. The Hall–Kier alpha value is -11.0. The minimum absolute atomic E-state index is 0.0213. The molecule has 2 aromatic rings. The molecule has 10 amide bonds. The van der Waals surface area contributed by atoms with Crippen LogP contribution in [0.5, 0.6) is 11.5 Å². The molecule has 2 fully saturated rings. The number of benzene rings is 2. The summed E-state index contributed by atoms with van der Waals surface area (Å²) < 4.78 is 53.8. The van der Waals surface area contributed by atoms with Crippen molar-refractivity contribution in [1.82, 2.24) is 53.2 Å². The summed E-state index contributed by atoms with van der Waals surface area (Å²) in [5.41, 5.74) is 16.9. The number of carboxylic acids is 2. The van der Waals surface area contributed by atoms with Gasteiger partial charge in [-0.15, -0.1) is 0 Å². The predicted molar refractivity (Wildman–Crippen MR) is 460 cm³/mol. The highest BCUT2D eigenvalue weighted by molar-refractivity contribution is 6.02. The number of amides is 10. The standard InChI is InChI=1S/C49H79N9O22.C33H49N7O12/c50-58-57-11-3-1-2-5-32(61)6-4-18-76-33-26-30(46(72)55-12-7-36(62)51-14-21-74-19-9-38(64)53-16-23-77-48-44(70)42(68)40(66)34(28-59)79-48)25-31(27-33)47(73)56-13-8-37(63)52-15-22-75-20-10-39(65)54-17-24-78-49-45(71)43(69)41(67)35(29-60)80-49;34-40-39-11-3-1-2-5-26(41)6-4-16-52-27-22-24(32(48)37-12-7-28(42)35-14-19-50-17-9-30(44)45)21-25(23-27)33(49)38-13-8-29(43)36-15-20-51-18-10-31(46)47/h25-27,34-35,40-45,48-49,59-60,66-71H,1-24,28-29H2,(H,51,62)(H,52,63)(H,53,64)(H,54,65)(H,55,72)(H,56,73);21-23H,1-20H2,(H,35,42)(H,36,43)(H,37,48)(H,38,49)(H,44,45)(H,46,47)/t34?,35?,40-,41-,42+,43+,44?,45?,48+,49+;/m1./s1. The number of nitrogens with zero attached hydrogens (tertiary/aromatic N) is 6. The summed E-state index contributed by atoms with van der Waals surface area (Å²) in [6, 6.07) is 8.32. The monoisotopic (exact) mass is 1880 g/mol. The average Bonchev–Trinajstić information content (AvgIpc) is 0.795. The van der Waals surface area contributed by atoms with Gasteiger partial charge in [0.2, 0.25) is 35.4 Å². The highest BCUT2D eigenvalue weighted by Crippen LogP contribution is 2.25. The number of hydrogen-bond acceptors (Lipinski definition) is 34. The molecular weight excluding hydrogens is 1750 g/mol. The predicted octanol–water partition coefficient (Wildman–Crippen LogP) is -2.82. The number of ether oxygens (including phenoxy) is 10. The van der Waals surface area contributed by atoms with Gasteiger partial charge in [-0.1, -0.05) is 23.1 Å². The van der Waals surface area contributed by atoms with Crippen LogP contribution in [0, 0.1) is 0 Å². The van der Waals surface area contributed by atoms with Crippen LogP contribution in [0.25, 0.3) is 20.9 Å². The number of hydrogen-bond donors (Lipinski definition) is 20. The molecule has 0 saturated carbocycles. The van der Waals surface area contributed by atoms with Gasteiger partial charge >= 0.3 is 11.9 Å². The quantitative estimate of drug-likeness (QED) is 0.0137. The zero-order valence-corrected chi connectivity index (χ0v) is 73.7. The second kappa shape index (κ2) is 70.7. The van der Waals surface area contributed by atoms with E-state index in [0.717, 1.165) is 12.8 Å². The number of ketones is 2. The molecular formula is C82H128N16O34. The molecule has 2 aliphatic rings. The lowest BCUT2D eigenvalue weighted by Gasteiger charge is -2.39. The van der Waals surface area contributed by atoms with E-state index in [0.29, 0.717) is 64.5 Å². The average molecular weight is 1880 g/mol. The molecule has 2 saturated heterocycles. The maximum atomic E-state index is 13.3. The number of carbonyl (C=O) groups excluding carboxylic acids is 12. The number of aliphatic hydroxyl groups is 8. The van der Waals surface area contributed by atoms with Gasteiger partial charge in [0.05, 0.1) is 105 Å². The fourth-order valence-electron chi connectivity index (χ4n) is 11.9. The van der Waals surface area contributed by atoms with E-state index in [1.54, 1.807) is 0 Å². The van der Waals surface area contributed by atoms with Gasteiger partial charge in [0, 0.05) is 175 Å². The maximum absolute atomic E-state index is 13.3. The minimum atomic E-state index is -1.59. The van der Waals surface area contributed by atoms with E-state index in [2.05, 4.69) is 73.2 Å². The van der Waals surface area contributed by atoms with E-state index < -0.39 is 122 Å². The second-order valence-corrected chi connectivity index (χ2v) is 29.5. The van der Waals surface area contributed by atoms with Crippen LogP contribution in [0.1, 0.15) is 170 Å². The summed E-state index contributed by atoms with van der Waals surface area (Å²) in [5.74, 6) is -6.27. The van der Waals surface area contributed by atoms with Gasteiger partial charge in [0.1, 0.15) is 71.9 Å². The number of Topliss-reactive ketones (excluding diaryl/α,β-unsaturated/α-hetero) is 2. The summed E-state index contributed by atoms with van der Waals surface area (Å²) in [4.78, 5) is 177. The molecule has 4 unspecified atom stereocenters. The summed E-state index contributed by atoms with van der Waals surface area (Å²) in [7, 11) is 0. The number of carbonyl (C=O) groups is 14. The first-order valence-corrected chi connectivity index (χ1v) is 43.4. The van der Waals surface area contributed by atoms with Crippen LogP contribution in [0.3, 0.4) is 0 Å². The van der Waals surface area contributed by atoms with Gasteiger partial charge in [0.25, 0.3) is 23.6 Å². The number of azide groups is 2. The molecule has 2 aromatic carbocycles. The van der Waals surface area contributed by atoms with E-state index in [9.17, 15) is 108 Å². The fourth-order valence-corrected chi connectivity index (χ4v) is 11.9. The van der Waals surface area contributed by atoms with E-state index in [1.807, 2.05) is 0 Å². The van der Waals surface area contributed by atoms with Crippen molar-refractivity contribution in [3.63, 3.8) is 0 Å². The van der Waals surface area contributed by atoms with Crippen LogP contribution in [0.4, 0.5) is 0 Å². The Labute approximate surface area is 760 Å². The molecule has 4 rings (SSSR count). The molecule has 0 aromatic heterocycles. The van der Waals surface area contributed by atoms with Crippen molar-refractivity contribution in [2.45, 2.75) is 190 Å². The largest absolute Gasteiger partial charge is 0.494 e. The van der Waals surface area contributed by atoms with Crippen molar-refractivity contribution < 1.29 is 166 Å². The van der Waals surface area contributed by atoms with Gasteiger partial charge < -0.3 is 152 Å². The third kappa shape index (κ3) is 52.9. The topological polar surface area (TPSA) is 751 Å². The van der Waals surface area contributed by atoms with Crippen LogP contribution in [0.15, 0.2) is 46.6 Å². The third-order valence-corrected chi connectivity index (χ3v) is 19.0. The zero-order valence-electron chi connectivity index (χ0n) is 73.7. The van der Waals surface area contributed by atoms with Gasteiger partial charge in [-0.05, 0) is 86.0 Å². The number of nitrogens with one attached hydrogen (secondary N) is 10. The SMILES string of the molecule is [N-]=[N+]=NCCCCCC(=O)CCCOc1cc(C(=O)NCCC(=O)NCCOCCC(=O)NCCO[C@H]2OC(CO)[C@@H](O)[C@H](O)C2O)cc(C(=O)NCCC(=O)NCCOCCC(=O)NCCO[C@H]2OC(CO)[C@@H](O)[C@H](O)C2O)c1.[N-]=[N+]=NCCCCCC(=O)CCCOc1cc(C(=O)NCCC(=O)NCCOCCC(=O)O)cc(C(=O)NCCC(=O)NCCOCCC(=O)O)c1. The molecule has 132 heavy (non-hydrogen) atoms. The highest BCUT2D eigenvalue weighted by atomic mass is 16.7. The van der Waals surface area contributed by atoms with Gasteiger partial charge in [-0.25, -0.2) is 0 Å². The van der Waals surface area contributed by atoms with E-state index in [1.165, 1.54) is 36.4 Å². The fraction of sp³-hybridized carbons (Fsp3) is 0.683. The highest BCUT2D eigenvalue weighted by Gasteiger charge is 2.45. The van der Waals surface area contributed by atoms with Crippen molar-refractivity contribution in [1.29, 1.82) is 0 Å². The number of aliphatic hydroxyl groups excluding tert-OH is 8. The Morgan fingerprint density at radius 3 is 0.879 bits per heavy atom. The first kappa shape index (κ1) is 115. The Kier molecular flexibility index (Phi) is 61.7. The number of unbranched alkanes of at least 4 members (excludes halogenated alkanes) is 4. The molecule has 0 aliphatic carbocycles. The van der Waals surface area contributed by atoms with Crippen molar-refractivity contribution in [2.24, 2.45) is 10.2 Å².